The summed E-state index contributed by atoms with van der Waals surface area (Å²) in [6, 6.07) is 54.4. The van der Waals surface area contributed by atoms with Gasteiger partial charge in [0.2, 0.25) is 0 Å². The summed E-state index contributed by atoms with van der Waals surface area (Å²) in [6.07, 6.45) is 0.596. The third kappa shape index (κ3) is 12.6. The number of hydrogen-bond acceptors (Lipinski definition) is 10. The van der Waals surface area contributed by atoms with E-state index in [1.807, 2.05) is 159 Å². The van der Waals surface area contributed by atoms with Crippen molar-refractivity contribution in [3.05, 3.63) is 192 Å². The highest BCUT2D eigenvalue weighted by atomic mass is 16.2. The number of hydrogen-bond donors (Lipinski definition) is 6. The third-order valence-corrected chi connectivity index (χ3v) is 15.6. The Morgan fingerprint density at radius 3 is 0.851 bits per heavy atom. The zero-order valence-corrected chi connectivity index (χ0v) is 49.3. The van der Waals surface area contributed by atoms with Crippen LogP contribution in [0, 0.1) is 0 Å². The predicted molar refractivity (Wildman–Crippen MR) is 344 cm³/mol. The molecule has 4 aromatic heterocycles. The number of rotatable bonds is 20. The molecule has 4 amide bonds. The van der Waals surface area contributed by atoms with Gasteiger partial charge in [-0.05, 0) is 154 Å². The number of amides is 4. The van der Waals surface area contributed by atoms with Crippen LogP contribution in [0.4, 0.5) is 0 Å². The van der Waals surface area contributed by atoms with Crippen LogP contribution in [0.15, 0.2) is 170 Å². The molecule has 436 valence electrons. The summed E-state index contributed by atoms with van der Waals surface area (Å²) in [5.74, 6) is 2.41. The molecule has 0 saturated carbocycles. The maximum absolute atomic E-state index is 13.6. The normalized spacial score (nSPS) is 11.6. The summed E-state index contributed by atoms with van der Waals surface area (Å²) < 4.78 is 0. The molecule has 0 unspecified atom stereocenters. The number of carbonyl (C=O) groups is 4. The van der Waals surface area contributed by atoms with Crippen molar-refractivity contribution >= 4 is 67.8 Å². The van der Waals surface area contributed by atoms with Gasteiger partial charge in [0.1, 0.15) is 23.3 Å². The van der Waals surface area contributed by atoms with Crippen molar-refractivity contribution in [3.63, 3.8) is 0 Å². The molecule has 0 aliphatic carbocycles. The van der Waals surface area contributed by atoms with Gasteiger partial charge < -0.3 is 50.2 Å². The van der Waals surface area contributed by atoms with Gasteiger partial charge in [-0.25, -0.2) is 19.9 Å². The highest BCUT2D eigenvalue weighted by Gasteiger charge is 2.19. The van der Waals surface area contributed by atoms with Gasteiger partial charge in [-0.1, -0.05) is 72.8 Å². The third-order valence-electron chi connectivity index (χ3n) is 15.6. The number of benzene rings is 8. The zero-order valence-electron chi connectivity index (χ0n) is 49.3. The second-order valence-electron chi connectivity index (χ2n) is 22.5. The van der Waals surface area contributed by atoms with E-state index in [-0.39, 0.29) is 23.6 Å². The van der Waals surface area contributed by atoms with E-state index in [9.17, 15) is 19.2 Å². The van der Waals surface area contributed by atoms with E-state index in [0.29, 0.717) is 66.5 Å². The first-order valence-corrected chi connectivity index (χ1v) is 28.9. The average molecular weight is 1160 g/mol. The summed E-state index contributed by atoms with van der Waals surface area (Å²) in [5, 5.41) is 5.91. The topological polar surface area (TPSA) is 220 Å². The maximum Gasteiger partial charge on any atom is 0.253 e. The molecule has 0 aliphatic rings. The first-order chi connectivity index (χ1) is 42.2. The molecule has 0 saturated heterocycles. The molecule has 0 fully saturated rings. The lowest BCUT2D eigenvalue weighted by Gasteiger charge is -2.21. The van der Waals surface area contributed by atoms with E-state index in [2.05, 4.69) is 79.1 Å². The number of likely N-dealkylation sites (N-methyl/N-ethyl adjacent to an activating group) is 2. The van der Waals surface area contributed by atoms with Gasteiger partial charge in [-0.2, -0.15) is 0 Å². The minimum atomic E-state index is -0.111. The number of nitrogens with one attached hydrogen (secondary N) is 6. The van der Waals surface area contributed by atoms with Gasteiger partial charge in [0.25, 0.3) is 23.6 Å². The minimum absolute atomic E-state index is 0.102. The van der Waals surface area contributed by atoms with E-state index in [4.69, 9.17) is 19.9 Å². The van der Waals surface area contributed by atoms with Crippen LogP contribution in [0.2, 0.25) is 0 Å². The molecule has 18 heteroatoms. The van der Waals surface area contributed by atoms with Crippen molar-refractivity contribution in [2.24, 2.45) is 0 Å². The lowest BCUT2D eigenvalue weighted by atomic mass is 10.0. The molecular formula is C69H66N14O4. The first-order valence-electron chi connectivity index (χ1n) is 28.9. The second-order valence-corrected chi connectivity index (χ2v) is 22.5. The summed E-state index contributed by atoms with van der Waals surface area (Å²) in [7, 11) is 11.4. The maximum atomic E-state index is 13.6. The van der Waals surface area contributed by atoms with Crippen LogP contribution in [0.1, 0.15) is 47.9 Å². The first kappa shape index (κ1) is 56.9. The molecule has 0 spiro atoms. The highest BCUT2D eigenvalue weighted by Crippen LogP contribution is 2.32. The van der Waals surface area contributed by atoms with Gasteiger partial charge in [0.15, 0.2) is 0 Å². The molecule has 0 bridgehead atoms. The van der Waals surface area contributed by atoms with Crippen molar-refractivity contribution in [2.45, 2.75) is 6.42 Å². The quantitative estimate of drug-likeness (QED) is 0.0424. The molecule has 12 aromatic rings. The number of imidazole rings is 4. The summed E-state index contributed by atoms with van der Waals surface area (Å²) in [5.41, 5.74) is 16.7. The number of nitrogens with zero attached hydrogens (tertiary/aromatic N) is 8. The van der Waals surface area contributed by atoms with Gasteiger partial charge in [0.05, 0.1) is 44.1 Å². The second kappa shape index (κ2) is 24.6. The number of fused-ring (bicyclic) bond motifs is 4. The van der Waals surface area contributed by atoms with Gasteiger partial charge in [-0.15, -0.1) is 0 Å². The molecule has 87 heavy (non-hydrogen) atoms. The lowest BCUT2D eigenvalue weighted by molar-refractivity contribution is 0.0763. The predicted octanol–water partition coefficient (Wildman–Crippen LogP) is 11.0. The molecule has 18 nitrogen and oxygen atoms in total. The Bertz CT molecular complexity index is 4210. The minimum Gasteiger partial charge on any atom is -0.351 e. The molecule has 0 radical (unpaired) electrons. The van der Waals surface area contributed by atoms with Crippen molar-refractivity contribution in [1.29, 1.82) is 0 Å². The Kier molecular flexibility index (Phi) is 16.1. The lowest BCUT2D eigenvalue weighted by Crippen LogP contribution is -2.32. The van der Waals surface area contributed by atoms with Crippen molar-refractivity contribution in [2.75, 3.05) is 81.6 Å². The van der Waals surface area contributed by atoms with Crippen molar-refractivity contribution < 1.29 is 19.2 Å². The average Bonchev–Trinajstić information content (AvgIpc) is 2.33. The molecule has 8 aromatic carbocycles. The monoisotopic (exact) mass is 1150 g/mol. The van der Waals surface area contributed by atoms with E-state index in [1.54, 1.807) is 23.9 Å². The number of H-pyrrole nitrogens is 4. The standard InChI is InChI=1S/C69H66N14O4/c1-80(2)36-32-70-66(84)46-16-8-42(9-17-46)62-72-54-28-24-50(38-58(54)76-62)52-26-30-56-60(40-52)78-64(74-56)44-12-20-48(21-13-44)68(86)82(5)34-7-35-83(6)69(87)49-22-14-45(15-23-49)65-75-57-31-27-53(41-61(57)79-65)51-25-29-55-59(39-51)77-63(73-55)43-10-18-47(19-11-43)67(85)71-33-37-81(3)4/h8-31,38-41H,7,32-37H2,1-6H3,(H,70,84)(H,71,85)(H,72,76)(H,73,77)(H,74,78)(H,75,79). The van der Waals surface area contributed by atoms with Crippen LogP contribution in [-0.2, 0) is 0 Å². The molecule has 0 aliphatic heterocycles. The fourth-order valence-electron chi connectivity index (χ4n) is 10.6. The van der Waals surface area contributed by atoms with E-state index in [0.717, 1.165) is 113 Å². The van der Waals surface area contributed by atoms with Crippen molar-refractivity contribution in [1.82, 2.24) is 70.1 Å². The Labute approximate surface area is 502 Å². The van der Waals surface area contributed by atoms with Crippen LogP contribution in [0.3, 0.4) is 0 Å². The molecule has 4 heterocycles. The largest absolute Gasteiger partial charge is 0.351 e. The summed E-state index contributed by atoms with van der Waals surface area (Å²) >= 11 is 0. The van der Waals surface area contributed by atoms with Crippen LogP contribution < -0.4 is 10.6 Å². The van der Waals surface area contributed by atoms with E-state index in [1.165, 1.54) is 0 Å². The molecular weight excluding hydrogens is 1090 g/mol. The van der Waals surface area contributed by atoms with E-state index < -0.39 is 0 Å². The fourth-order valence-corrected chi connectivity index (χ4v) is 10.6. The zero-order chi connectivity index (χ0) is 60.3. The Morgan fingerprint density at radius 1 is 0.333 bits per heavy atom. The highest BCUT2D eigenvalue weighted by molar-refractivity contribution is 5.98. The van der Waals surface area contributed by atoms with Gasteiger partial charge in [0, 0.05) is 97.9 Å². The molecule has 6 N–H and O–H groups in total. The number of aromatic amines is 4. The molecule has 0 atom stereocenters. The Morgan fingerprint density at radius 2 is 0.586 bits per heavy atom. The molecule has 12 rings (SSSR count). The van der Waals surface area contributed by atoms with Crippen molar-refractivity contribution in [3.8, 4) is 67.8 Å². The van der Waals surface area contributed by atoms with Crippen LogP contribution in [0.25, 0.3) is 112 Å². The van der Waals surface area contributed by atoms with Gasteiger partial charge >= 0.3 is 0 Å². The summed E-state index contributed by atoms with van der Waals surface area (Å²) in [4.78, 5) is 93.1. The van der Waals surface area contributed by atoms with E-state index >= 15 is 0 Å². The SMILES string of the molecule is CN(C)CCNC(=O)c1ccc(-c2nc3cc(-c4ccc5[nH]c(-c6ccc(C(=O)N(C)CCCN(C)C(=O)c7ccc(-c8nc9cc(-c%10ccc%11[nH]c(-c%12ccc(C(=O)NCCN(C)C)cc%12)nc%11c%10)ccc9[nH]8)cc7)cc6)nc5c4)ccc3[nH]2)cc1. The fraction of sp³-hybridized carbons (Fsp3) is 0.188. The van der Waals surface area contributed by atoms with Crippen LogP contribution in [-0.4, -0.2) is 165 Å². The van der Waals surface area contributed by atoms with Crippen LogP contribution >= 0.6 is 0 Å². The number of aromatic nitrogens is 8. The Hall–Kier alpha value is -10.6. The smallest absolute Gasteiger partial charge is 0.253 e. The van der Waals surface area contributed by atoms with Gasteiger partial charge in [-0.3, -0.25) is 19.2 Å². The number of carbonyl (C=O) groups excluding carboxylic acids is 4. The summed E-state index contributed by atoms with van der Waals surface area (Å²) in [6.45, 7) is 3.62. The Balaban J connectivity index is 0.617. The van der Waals surface area contributed by atoms with Crippen LogP contribution in [0.5, 0.6) is 0 Å².